The second-order valence-electron chi connectivity index (χ2n) is 5.23. The highest BCUT2D eigenvalue weighted by Crippen LogP contribution is 2.43. The Morgan fingerprint density at radius 3 is 2.26 bits per heavy atom. The van der Waals surface area contributed by atoms with Crippen molar-refractivity contribution in [1.82, 2.24) is 0 Å². The lowest BCUT2D eigenvalue weighted by atomic mass is 10.3. The Morgan fingerprint density at radius 1 is 1.04 bits per heavy atom. The summed E-state index contributed by atoms with van der Waals surface area (Å²) in [5.74, 6) is 1.31. The summed E-state index contributed by atoms with van der Waals surface area (Å²) >= 11 is 5.82. The highest BCUT2D eigenvalue weighted by molar-refractivity contribution is 7.60. The van der Waals surface area contributed by atoms with Crippen LogP contribution in [0.3, 0.4) is 0 Å². The molecule has 0 aliphatic rings. The van der Waals surface area contributed by atoms with Gasteiger partial charge in [-0.25, -0.2) is 0 Å². The second-order valence-corrected chi connectivity index (χ2v) is 7.76. The Morgan fingerprint density at radius 2 is 1.65 bits per heavy atom. The topological polar surface area (TPSA) is 47.6 Å². The first-order chi connectivity index (χ1) is 11.0. The zero-order valence-electron chi connectivity index (χ0n) is 13.3. The standard InChI is InChI=1S/C17H21ClNO3P/c1-3-4-13-21-16-11-7-15(8-12-16)19-23(2,20)22-17-9-5-14(18)6-10-17/h5-12H,3-4,13H2,1-2H3,(H,19,20)/t23-/m1/s1. The highest BCUT2D eigenvalue weighted by atomic mass is 35.5. The van der Waals surface area contributed by atoms with Crippen LogP contribution in [0.15, 0.2) is 48.5 Å². The molecule has 2 aromatic carbocycles. The summed E-state index contributed by atoms with van der Waals surface area (Å²) in [6.45, 7) is 4.36. The summed E-state index contributed by atoms with van der Waals surface area (Å²) < 4.78 is 23.7. The fourth-order valence-corrected chi connectivity index (χ4v) is 3.23. The maximum atomic E-state index is 12.5. The maximum absolute atomic E-state index is 12.5. The van der Waals surface area contributed by atoms with Crippen molar-refractivity contribution in [2.45, 2.75) is 19.8 Å². The molecule has 0 fully saturated rings. The van der Waals surface area contributed by atoms with E-state index in [-0.39, 0.29) is 0 Å². The van der Waals surface area contributed by atoms with E-state index in [1.807, 2.05) is 24.3 Å². The number of benzene rings is 2. The predicted octanol–water partition coefficient (Wildman–Crippen LogP) is 5.83. The molecule has 0 unspecified atom stereocenters. The van der Waals surface area contributed by atoms with E-state index in [0.29, 0.717) is 23.1 Å². The fourth-order valence-electron chi connectivity index (χ4n) is 1.91. The molecule has 23 heavy (non-hydrogen) atoms. The Labute approximate surface area is 142 Å². The van der Waals surface area contributed by atoms with Crippen LogP contribution in [0.25, 0.3) is 0 Å². The van der Waals surface area contributed by atoms with Crippen molar-refractivity contribution in [2.75, 3.05) is 18.4 Å². The van der Waals surface area contributed by atoms with Crippen LogP contribution in [-0.2, 0) is 4.57 Å². The van der Waals surface area contributed by atoms with E-state index in [1.54, 1.807) is 24.3 Å². The number of hydrogen-bond acceptors (Lipinski definition) is 3. The molecule has 4 nitrogen and oxygen atoms in total. The number of anilines is 1. The van der Waals surface area contributed by atoms with Gasteiger partial charge in [0.1, 0.15) is 11.5 Å². The van der Waals surface area contributed by atoms with Crippen LogP contribution in [0.4, 0.5) is 5.69 Å². The third-order valence-electron chi connectivity index (χ3n) is 3.05. The molecule has 2 aromatic rings. The minimum absolute atomic E-state index is 0.507. The van der Waals surface area contributed by atoms with Crippen LogP contribution in [-0.4, -0.2) is 13.3 Å². The van der Waals surface area contributed by atoms with Crippen molar-refractivity contribution < 1.29 is 13.8 Å². The van der Waals surface area contributed by atoms with E-state index in [2.05, 4.69) is 12.0 Å². The molecule has 2 rings (SSSR count). The van der Waals surface area contributed by atoms with Gasteiger partial charge in [-0.2, -0.15) is 0 Å². The lowest BCUT2D eigenvalue weighted by Gasteiger charge is -2.17. The molecule has 0 radical (unpaired) electrons. The lowest BCUT2D eigenvalue weighted by Crippen LogP contribution is -2.02. The molecule has 1 atom stereocenters. The van der Waals surface area contributed by atoms with Gasteiger partial charge in [0.05, 0.1) is 6.61 Å². The number of ether oxygens (including phenoxy) is 1. The number of hydrogen-bond donors (Lipinski definition) is 1. The minimum atomic E-state index is -3.03. The zero-order valence-corrected chi connectivity index (χ0v) is 14.9. The molecule has 6 heteroatoms. The molecule has 0 saturated carbocycles. The normalized spacial score (nSPS) is 13.2. The van der Waals surface area contributed by atoms with Gasteiger partial charge >= 0.3 is 7.52 Å². The Hall–Kier alpha value is -1.64. The highest BCUT2D eigenvalue weighted by Gasteiger charge is 2.17. The van der Waals surface area contributed by atoms with Crippen LogP contribution >= 0.6 is 19.1 Å². The van der Waals surface area contributed by atoms with Crippen molar-refractivity contribution in [2.24, 2.45) is 0 Å². The van der Waals surface area contributed by atoms with Crippen molar-refractivity contribution in [3.05, 3.63) is 53.6 Å². The summed E-state index contributed by atoms with van der Waals surface area (Å²) in [6.07, 6.45) is 2.12. The van der Waals surface area contributed by atoms with Crippen molar-refractivity contribution in [3.8, 4) is 11.5 Å². The molecule has 0 bridgehead atoms. The zero-order chi connectivity index (χ0) is 16.7. The molecular formula is C17H21ClNO3P. The smallest absolute Gasteiger partial charge is 0.338 e. The minimum Gasteiger partial charge on any atom is -0.494 e. The van der Waals surface area contributed by atoms with Gasteiger partial charge in [0.2, 0.25) is 0 Å². The molecule has 0 saturated heterocycles. The SMILES string of the molecule is CCCCOc1ccc(N[P@](C)(=O)Oc2ccc(Cl)cc2)cc1. The molecule has 0 amide bonds. The first kappa shape index (κ1) is 17.7. The van der Waals surface area contributed by atoms with E-state index in [9.17, 15) is 4.57 Å². The van der Waals surface area contributed by atoms with Gasteiger partial charge in [0.15, 0.2) is 0 Å². The molecule has 0 spiro atoms. The number of unbranched alkanes of at least 4 members (excludes halogenated alkanes) is 1. The van der Waals surface area contributed by atoms with Gasteiger partial charge in [0, 0.05) is 17.4 Å². The van der Waals surface area contributed by atoms with Crippen LogP contribution in [0.2, 0.25) is 5.02 Å². The Bertz CT molecular complexity index is 659. The van der Waals surface area contributed by atoms with E-state index in [1.165, 1.54) is 6.66 Å². The van der Waals surface area contributed by atoms with E-state index in [4.69, 9.17) is 20.9 Å². The third-order valence-corrected chi connectivity index (χ3v) is 4.52. The fraction of sp³-hybridized carbons (Fsp3) is 0.294. The van der Waals surface area contributed by atoms with Gasteiger partial charge in [0.25, 0.3) is 0 Å². The lowest BCUT2D eigenvalue weighted by molar-refractivity contribution is 0.309. The summed E-state index contributed by atoms with van der Waals surface area (Å²) in [6, 6.07) is 14.1. The van der Waals surface area contributed by atoms with Crippen molar-refractivity contribution >= 4 is 24.8 Å². The molecule has 124 valence electrons. The van der Waals surface area contributed by atoms with Crippen LogP contribution in [0, 0.1) is 0 Å². The van der Waals surface area contributed by atoms with E-state index in [0.717, 1.165) is 18.6 Å². The molecule has 0 aliphatic carbocycles. The van der Waals surface area contributed by atoms with Crippen molar-refractivity contribution in [3.63, 3.8) is 0 Å². The van der Waals surface area contributed by atoms with Gasteiger partial charge in [-0.3, -0.25) is 4.57 Å². The van der Waals surface area contributed by atoms with Gasteiger partial charge < -0.3 is 14.3 Å². The largest absolute Gasteiger partial charge is 0.494 e. The quantitative estimate of drug-likeness (QED) is 0.479. The van der Waals surface area contributed by atoms with Crippen LogP contribution in [0.1, 0.15) is 19.8 Å². The number of nitrogens with one attached hydrogen (secondary N) is 1. The van der Waals surface area contributed by atoms with E-state index >= 15 is 0 Å². The summed E-state index contributed by atoms with van der Waals surface area (Å²) in [5, 5.41) is 3.53. The number of halogens is 1. The first-order valence-corrected chi connectivity index (χ1v) is 9.97. The van der Waals surface area contributed by atoms with Crippen molar-refractivity contribution in [1.29, 1.82) is 0 Å². The monoisotopic (exact) mass is 353 g/mol. The molecule has 0 heterocycles. The Balaban J connectivity index is 1.94. The summed E-state index contributed by atoms with van der Waals surface area (Å²) in [4.78, 5) is 0. The molecular weight excluding hydrogens is 333 g/mol. The average Bonchev–Trinajstić information content (AvgIpc) is 2.51. The van der Waals surface area contributed by atoms with Crippen LogP contribution < -0.4 is 14.3 Å². The first-order valence-electron chi connectivity index (χ1n) is 7.52. The summed E-state index contributed by atoms with van der Waals surface area (Å²) in [5.41, 5.74) is 0.715. The number of rotatable bonds is 8. The maximum Gasteiger partial charge on any atom is 0.338 e. The molecule has 0 aliphatic heterocycles. The van der Waals surface area contributed by atoms with Gasteiger partial charge in [-0.1, -0.05) is 24.9 Å². The van der Waals surface area contributed by atoms with E-state index < -0.39 is 7.52 Å². The van der Waals surface area contributed by atoms with Gasteiger partial charge in [-0.05, 0) is 55.0 Å². The second kappa shape index (κ2) is 8.28. The predicted molar refractivity (Wildman–Crippen MR) is 96.1 cm³/mol. The summed E-state index contributed by atoms with van der Waals surface area (Å²) in [7, 11) is -3.03. The third kappa shape index (κ3) is 6.17. The average molecular weight is 354 g/mol. The van der Waals surface area contributed by atoms with Crippen LogP contribution in [0.5, 0.6) is 11.5 Å². The molecule has 0 aromatic heterocycles. The molecule has 1 N–H and O–H groups in total. The Kier molecular flexibility index (Phi) is 6.37. The van der Waals surface area contributed by atoms with Gasteiger partial charge in [-0.15, -0.1) is 0 Å².